The monoisotopic (exact) mass is 325 g/mol. The van der Waals surface area contributed by atoms with E-state index < -0.39 is 10.8 Å². The lowest BCUT2D eigenvalue weighted by Gasteiger charge is -2.27. The van der Waals surface area contributed by atoms with Crippen LogP contribution in [-0.4, -0.2) is 47.7 Å². The lowest BCUT2D eigenvalue weighted by atomic mass is 10.1. The molecule has 0 spiro atoms. The maximum Gasteiger partial charge on any atom is 0.303 e. The first-order valence-electron chi connectivity index (χ1n) is 6.97. The van der Waals surface area contributed by atoms with Crippen LogP contribution in [0.3, 0.4) is 0 Å². The van der Waals surface area contributed by atoms with Crippen LogP contribution in [0.2, 0.25) is 0 Å². The Hall–Kier alpha value is -1.73. The van der Waals surface area contributed by atoms with Crippen LogP contribution >= 0.6 is 11.8 Å². The Balaban J connectivity index is 2.05. The van der Waals surface area contributed by atoms with Gasteiger partial charge in [0, 0.05) is 18.7 Å². The number of aliphatic carboxylic acids is 1. The summed E-state index contributed by atoms with van der Waals surface area (Å²) in [7, 11) is 1.55. The molecule has 2 rings (SSSR count). The van der Waals surface area contributed by atoms with Crippen molar-refractivity contribution < 1.29 is 24.2 Å². The van der Waals surface area contributed by atoms with Crippen molar-refractivity contribution in [3.8, 4) is 11.5 Å². The Morgan fingerprint density at radius 1 is 1.32 bits per heavy atom. The van der Waals surface area contributed by atoms with Gasteiger partial charge in [-0.3, -0.25) is 14.9 Å². The lowest BCUT2D eigenvalue weighted by Crippen LogP contribution is -2.50. The number of para-hydroxylation sites is 2. The number of ketones is 1. The highest BCUT2D eigenvalue weighted by molar-refractivity contribution is 8.01. The molecule has 0 aromatic heterocycles. The molecule has 0 amide bonds. The number of hydrogen-bond donors (Lipinski definition) is 2. The summed E-state index contributed by atoms with van der Waals surface area (Å²) in [6.45, 7) is 0.829. The average molecular weight is 325 g/mol. The number of carboxylic acid groups (broad SMARTS) is 1. The maximum atomic E-state index is 12.4. The Labute approximate surface area is 133 Å². The number of carboxylic acids is 1. The molecule has 1 aliphatic heterocycles. The van der Waals surface area contributed by atoms with Crippen LogP contribution in [0.25, 0.3) is 0 Å². The molecule has 1 aliphatic rings. The molecule has 1 unspecified atom stereocenters. The quantitative estimate of drug-likeness (QED) is 0.750. The summed E-state index contributed by atoms with van der Waals surface area (Å²) in [6.07, 6.45) is -0.178. The third-order valence-corrected chi connectivity index (χ3v) is 4.77. The maximum absolute atomic E-state index is 12.4. The van der Waals surface area contributed by atoms with E-state index >= 15 is 0 Å². The molecule has 6 nitrogen and oxygen atoms in total. The van der Waals surface area contributed by atoms with Gasteiger partial charge in [-0.1, -0.05) is 12.1 Å². The van der Waals surface area contributed by atoms with Crippen LogP contribution in [0.5, 0.6) is 11.5 Å². The average Bonchev–Trinajstić information content (AvgIpc) is 3.01. The molecule has 1 aromatic rings. The highest BCUT2D eigenvalue weighted by atomic mass is 32.2. The number of nitrogens with one attached hydrogen (secondary N) is 1. The van der Waals surface area contributed by atoms with Crippen molar-refractivity contribution in [1.29, 1.82) is 0 Å². The van der Waals surface area contributed by atoms with Gasteiger partial charge in [-0.05, 0) is 12.1 Å². The standard InChI is InChI=1S/C15H19NO5S/c1-20-11-4-2-3-5-12(11)21-10-15(16-8-9-22-15)13(17)6-7-14(18)19/h2-5,16H,6-10H2,1H3,(H,18,19). The van der Waals surface area contributed by atoms with Crippen molar-refractivity contribution in [2.24, 2.45) is 0 Å². The first kappa shape index (κ1) is 16.6. The molecule has 22 heavy (non-hydrogen) atoms. The fourth-order valence-corrected chi connectivity index (χ4v) is 3.38. The van der Waals surface area contributed by atoms with Gasteiger partial charge < -0.3 is 14.6 Å². The Morgan fingerprint density at radius 2 is 2.05 bits per heavy atom. The smallest absolute Gasteiger partial charge is 0.303 e. The predicted molar refractivity (Wildman–Crippen MR) is 83.6 cm³/mol. The number of thioether (sulfide) groups is 1. The second kappa shape index (κ2) is 7.51. The van der Waals surface area contributed by atoms with Gasteiger partial charge in [-0.25, -0.2) is 0 Å². The normalized spacial score (nSPS) is 20.6. The Bertz CT molecular complexity index is 542. The van der Waals surface area contributed by atoms with E-state index in [2.05, 4.69) is 5.32 Å². The van der Waals surface area contributed by atoms with Crippen molar-refractivity contribution in [3.05, 3.63) is 24.3 Å². The summed E-state index contributed by atoms with van der Waals surface area (Å²) in [6, 6.07) is 7.21. The van der Waals surface area contributed by atoms with Crippen molar-refractivity contribution in [2.45, 2.75) is 17.7 Å². The summed E-state index contributed by atoms with van der Waals surface area (Å²) in [4.78, 5) is 22.2. The number of carbonyl (C=O) groups excluding carboxylic acids is 1. The number of ether oxygens (including phenoxy) is 2. The largest absolute Gasteiger partial charge is 0.493 e. The zero-order chi connectivity index (χ0) is 16.0. The Morgan fingerprint density at radius 3 is 2.64 bits per heavy atom. The Kier molecular flexibility index (Phi) is 5.68. The van der Waals surface area contributed by atoms with E-state index in [1.807, 2.05) is 12.1 Å². The van der Waals surface area contributed by atoms with E-state index in [-0.39, 0.29) is 25.2 Å². The molecule has 0 bridgehead atoms. The first-order chi connectivity index (χ1) is 10.6. The minimum atomic E-state index is -0.975. The number of Topliss-reactive ketones (excluding diaryl/α,β-unsaturated/α-hetero) is 1. The molecule has 1 saturated heterocycles. The van der Waals surface area contributed by atoms with E-state index in [0.717, 1.165) is 5.75 Å². The molecule has 1 heterocycles. The van der Waals surface area contributed by atoms with Crippen LogP contribution in [0, 0.1) is 0 Å². The van der Waals surface area contributed by atoms with E-state index in [1.165, 1.54) is 11.8 Å². The minimum absolute atomic E-state index is 0.00931. The third kappa shape index (κ3) is 3.92. The van der Waals surface area contributed by atoms with E-state index in [1.54, 1.807) is 19.2 Å². The molecule has 0 aliphatic carbocycles. The number of rotatable bonds is 8. The van der Waals surface area contributed by atoms with Gasteiger partial charge >= 0.3 is 5.97 Å². The van der Waals surface area contributed by atoms with Gasteiger partial charge in [0.2, 0.25) is 0 Å². The predicted octanol–water partition coefficient (Wildman–Crippen LogP) is 1.54. The molecule has 0 saturated carbocycles. The van der Waals surface area contributed by atoms with Gasteiger partial charge in [0.15, 0.2) is 22.2 Å². The minimum Gasteiger partial charge on any atom is -0.493 e. The topological polar surface area (TPSA) is 84.9 Å². The highest BCUT2D eigenvalue weighted by Gasteiger charge is 2.42. The fraction of sp³-hybridized carbons (Fsp3) is 0.467. The summed E-state index contributed by atoms with van der Waals surface area (Å²) in [5.41, 5.74) is 0. The van der Waals surface area contributed by atoms with Crippen molar-refractivity contribution in [1.82, 2.24) is 5.32 Å². The van der Waals surface area contributed by atoms with Gasteiger partial charge in [-0.2, -0.15) is 0 Å². The summed E-state index contributed by atoms with van der Waals surface area (Å²) >= 11 is 1.46. The van der Waals surface area contributed by atoms with Gasteiger partial charge in [0.25, 0.3) is 0 Å². The molecule has 1 atom stereocenters. The highest BCUT2D eigenvalue weighted by Crippen LogP contribution is 2.33. The summed E-state index contributed by atoms with van der Waals surface area (Å²) in [5.74, 6) is 0.821. The number of carbonyl (C=O) groups is 2. The molecular weight excluding hydrogens is 306 g/mol. The molecule has 0 radical (unpaired) electrons. The zero-order valence-electron chi connectivity index (χ0n) is 12.3. The van der Waals surface area contributed by atoms with Crippen molar-refractivity contribution >= 4 is 23.5 Å². The third-order valence-electron chi connectivity index (χ3n) is 3.38. The van der Waals surface area contributed by atoms with Crippen LogP contribution in [0.4, 0.5) is 0 Å². The second-order valence-electron chi connectivity index (χ2n) is 4.86. The molecule has 1 aromatic carbocycles. The number of methoxy groups -OCH3 is 1. The summed E-state index contributed by atoms with van der Waals surface area (Å²) in [5, 5.41) is 11.9. The lowest BCUT2D eigenvalue weighted by molar-refractivity contribution is -0.139. The van der Waals surface area contributed by atoms with E-state index in [4.69, 9.17) is 14.6 Å². The summed E-state index contributed by atoms with van der Waals surface area (Å²) < 4.78 is 11.0. The first-order valence-corrected chi connectivity index (χ1v) is 7.96. The van der Waals surface area contributed by atoms with E-state index in [0.29, 0.717) is 18.0 Å². The molecule has 7 heteroatoms. The van der Waals surface area contributed by atoms with Crippen LogP contribution < -0.4 is 14.8 Å². The van der Waals surface area contributed by atoms with Crippen LogP contribution in [0.1, 0.15) is 12.8 Å². The van der Waals surface area contributed by atoms with Crippen LogP contribution in [0.15, 0.2) is 24.3 Å². The van der Waals surface area contributed by atoms with E-state index in [9.17, 15) is 9.59 Å². The fourth-order valence-electron chi connectivity index (χ4n) is 2.22. The zero-order valence-corrected chi connectivity index (χ0v) is 13.1. The van der Waals surface area contributed by atoms with Crippen molar-refractivity contribution in [3.63, 3.8) is 0 Å². The SMILES string of the molecule is COc1ccccc1OCC1(C(=O)CCC(=O)O)NCCS1. The second-order valence-corrected chi connectivity index (χ2v) is 6.25. The van der Waals surface area contributed by atoms with Crippen LogP contribution in [-0.2, 0) is 9.59 Å². The number of hydrogen-bond acceptors (Lipinski definition) is 6. The molecule has 2 N–H and O–H groups in total. The van der Waals surface area contributed by atoms with Crippen molar-refractivity contribution in [2.75, 3.05) is 26.0 Å². The molecule has 1 fully saturated rings. The van der Waals surface area contributed by atoms with Gasteiger partial charge in [0.1, 0.15) is 6.61 Å². The van der Waals surface area contributed by atoms with Gasteiger partial charge in [-0.15, -0.1) is 11.8 Å². The number of benzene rings is 1. The van der Waals surface area contributed by atoms with Gasteiger partial charge in [0.05, 0.1) is 13.5 Å². The molecule has 120 valence electrons. The molecular formula is C15H19NO5S.